The molecule has 0 spiro atoms. The van der Waals surface area contributed by atoms with Gasteiger partial charge in [0.05, 0.1) is 0 Å². The molecule has 6 heteroatoms. The van der Waals surface area contributed by atoms with Gasteiger partial charge in [-0.15, -0.1) is 0 Å². The lowest BCUT2D eigenvalue weighted by atomic mass is 10.1. The van der Waals surface area contributed by atoms with Crippen molar-refractivity contribution < 1.29 is 9.90 Å². The number of nitrogens with two attached hydrogens (primary N) is 1. The van der Waals surface area contributed by atoms with E-state index in [1.54, 1.807) is 17.0 Å². The Kier molecular flexibility index (Phi) is 5.72. The summed E-state index contributed by atoms with van der Waals surface area (Å²) < 4.78 is 0. The second-order valence-corrected chi connectivity index (χ2v) is 4.70. The first-order valence-corrected chi connectivity index (χ1v) is 6.36. The number of carbonyl (C=O) groups excluding carboxylic acids is 1. The van der Waals surface area contributed by atoms with Crippen molar-refractivity contribution in [3.8, 4) is 0 Å². The van der Waals surface area contributed by atoms with Crippen LogP contribution in [0.2, 0.25) is 0 Å². The Labute approximate surface area is 113 Å². The van der Waals surface area contributed by atoms with Gasteiger partial charge in [-0.3, -0.25) is 4.79 Å². The van der Waals surface area contributed by atoms with Gasteiger partial charge in [0.25, 0.3) is 5.91 Å². The lowest BCUT2D eigenvalue weighted by molar-refractivity contribution is 0.0693. The van der Waals surface area contributed by atoms with Crippen molar-refractivity contribution in [1.29, 1.82) is 0 Å². The first kappa shape index (κ1) is 15.4. The maximum absolute atomic E-state index is 12.5. The summed E-state index contributed by atoms with van der Waals surface area (Å²) >= 11 is 0. The highest BCUT2D eigenvalue weighted by atomic mass is 16.3. The minimum absolute atomic E-state index is 0.0709. The maximum Gasteiger partial charge on any atom is 0.254 e. The highest BCUT2D eigenvalue weighted by Gasteiger charge is 2.19. The summed E-state index contributed by atoms with van der Waals surface area (Å²) in [5.41, 5.74) is 3.73. The van der Waals surface area contributed by atoms with Crippen LogP contribution >= 0.6 is 0 Å². The van der Waals surface area contributed by atoms with E-state index in [2.05, 4.69) is 10.4 Å². The first-order chi connectivity index (χ1) is 8.99. The van der Waals surface area contributed by atoms with Crippen LogP contribution in [0, 0.1) is 6.92 Å². The number of nitrogens with zero attached hydrogens (tertiary/aromatic N) is 2. The summed E-state index contributed by atoms with van der Waals surface area (Å²) in [6.07, 6.45) is 0.565. The third-order valence-electron chi connectivity index (χ3n) is 2.79. The first-order valence-electron chi connectivity index (χ1n) is 6.36. The van der Waals surface area contributed by atoms with Gasteiger partial charge in [0.15, 0.2) is 0 Å². The maximum atomic E-state index is 12.5. The molecule has 1 amide bonds. The number of anilines is 1. The summed E-state index contributed by atoms with van der Waals surface area (Å²) in [7, 11) is 0. The fraction of sp³-hybridized carbons (Fsp3) is 0.538. The topological polar surface area (TPSA) is 91.5 Å². The van der Waals surface area contributed by atoms with Gasteiger partial charge in [-0.2, -0.15) is 0 Å². The molecule has 106 valence electrons. The number of hydrogen-bond acceptors (Lipinski definition) is 5. The number of amides is 1. The van der Waals surface area contributed by atoms with Gasteiger partial charge in [-0.1, -0.05) is 0 Å². The SMILES string of the molecule is Cc1cc(C(=O)N(CCCO)C(C)C)cc(NN)n1. The molecular weight excluding hydrogens is 244 g/mol. The molecule has 0 saturated heterocycles. The van der Waals surface area contributed by atoms with Gasteiger partial charge in [-0.25, -0.2) is 10.8 Å². The number of rotatable bonds is 6. The van der Waals surface area contributed by atoms with Crippen molar-refractivity contribution in [3.05, 3.63) is 23.4 Å². The van der Waals surface area contributed by atoms with Crippen molar-refractivity contribution in [2.45, 2.75) is 33.2 Å². The van der Waals surface area contributed by atoms with Crippen LogP contribution in [0.4, 0.5) is 5.82 Å². The molecule has 0 atom stereocenters. The predicted molar refractivity (Wildman–Crippen MR) is 74.7 cm³/mol. The molecule has 6 nitrogen and oxygen atoms in total. The van der Waals surface area contributed by atoms with Crippen molar-refractivity contribution in [3.63, 3.8) is 0 Å². The summed E-state index contributed by atoms with van der Waals surface area (Å²) in [5.74, 6) is 5.72. The molecule has 0 fully saturated rings. The number of hydrazine groups is 1. The summed E-state index contributed by atoms with van der Waals surface area (Å²) in [5, 5.41) is 8.90. The van der Waals surface area contributed by atoms with E-state index in [9.17, 15) is 4.79 Å². The van der Waals surface area contributed by atoms with Crippen LogP contribution in [0.5, 0.6) is 0 Å². The number of aromatic nitrogens is 1. The van der Waals surface area contributed by atoms with E-state index in [-0.39, 0.29) is 18.6 Å². The molecule has 0 bridgehead atoms. The number of carbonyl (C=O) groups is 1. The lowest BCUT2D eigenvalue weighted by Crippen LogP contribution is -2.38. The van der Waals surface area contributed by atoms with Crippen LogP contribution in [-0.2, 0) is 0 Å². The normalized spacial score (nSPS) is 10.6. The van der Waals surface area contributed by atoms with Crippen LogP contribution in [0.25, 0.3) is 0 Å². The molecule has 1 aromatic rings. The number of aryl methyl sites for hydroxylation is 1. The number of nitrogen functional groups attached to an aromatic ring is 1. The molecule has 0 radical (unpaired) electrons. The molecule has 0 aromatic carbocycles. The minimum atomic E-state index is -0.0783. The third-order valence-corrected chi connectivity index (χ3v) is 2.79. The highest BCUT2D eigenvalue weighted by molar-refractivity contribution is 5.95. The minimum Gasteiger partial charge on any atom is -0.396 e. The van der Waals surface area contributed by atoms with Gasteiger partial charge in [0, 0.05) is 30.5 Å². The smallest absolute Gasteiger partial charge is 0.254 e. The average molecular weight is 266 g/mol. The third kappa shape index (κ3) is 4.18. The quantitative estimate of drug-likeness (QED) is 0.526. The van der Waals surface area contributed by atoms with Crippen molar-refractivity contribution in [1.82, 2.24) is 9.88 Å². The van der Waals surface area contributed by atoms with E-state index in [1.807, 2.05) is 20.8 Å². The van der Waals surface area contributed by atoms with Crippen LogP contribution in [0.15, 0.2) is 12.1 Å². The largest absolute Gasteiger partial charge is 0.396 e. The molecule has 0 aliphatic carbocycles. The van der Waals surface area contributed by atoms with Crippen LogP contribution < -0.4 is 11.3 Å². The Hall–Kier alpha value is -1.66. The van der Waals surface area contributed by atoms with E-state index in [1.165, 1.54) is 0 Å². The second kappa shape index (κ2) is 7.06. The fourth-order valence-corrected chi connectivity index (χ4v) is 1.87. The molecule has 0 aliphatic rings. The molecule has 0 unspecified atom stereocenters. The van der Waals surface area contributed by atoms with Gasteiger partial charge >= 0.3 is 0 Å². The van der Waals surface area contributed by atoms with Crippen molar-refractivity contribution in [2.75, 3.05) is 18.6 Å². The molecule has 1 aromatic heterocycles. The van der Waals surface area contributed by atoms with Crippen molar-refractivity contribution in [2.24, 2.45) is 5.84 Å². The van der Waals surface area contributed by atoms with E-state index in [4.69, 9.17) is 10.9 Å². The standard InChI is InChI=1S/C13H22N4O2/c1-9(2)17(5-4-6-18)13(19)11-7-10(3)15-12(8-11)16-14/h7-9,18H,4-6,14H2,1-3H3,(H,15,16). The summed E-state index contributed by atoms with van der Waals surface area (Å²) in [6, 6.07) is 3.43. The lowest BCUT2D eigenvalue weighted by Gasteiger charge is -2.26. The number of pyridine rings is 1. The van der Waals surface area contributed by atoms with E-state index in [0.29, 0.717) is 24.3 Å². The molecule has 0 saturated carbocycles. The fourth-order valence-electron chi connectivity index (χ4n) is 1.87. The van der Waals surface area contributed by atoms with Gasteiger partial charge in [-0.05, 0) is 39.3 Å². The Morgan fingerprint density at radius 1 is 1.53 bits per heavy atom. The van der Waals surface area contributed by atoms with Gasteiger partial charge < -0.3 is 15.4 Å². The Morgan fingerprint density at radius 2 is 2.21 bits per heavy atom. The number of nitrogens with one attached hydrogen (secondary N) is 1. The average Bonchev–Trinajstić information content (AvgIpc) is 2.37. The number of aliphatic hydroxyl groups is 1. The zero-order valence-electron chi connectivity index (χ0n) is 11.7. The van der Waals surface area contributed by atoms with Crippen LogP contribution in [-0.4, -0.2) is 40.1 Å². The van der Waals surface area contributed by atoms with Crippen molar-refractivity contribution >= 4 is 11.7 Å². The number of aliphatic hydroxyl groups excluding tert-OH is 1. The molecular formula is C13H22N4O2. The number of hydrogen-bond donors (Lipinski definition) is 3. The predicted octanol–water partition coefficient (Wildman–Crippen LogP) is 0.909. The molecule has 4 N–H and O–H groups in total. The zero-order chi connectivity index (χ0) is 14.4. The second-order valence-electron chi connectivity index (χ2n) is 4.70. The highest BCUT2D eigenvalue weighted by Crippen LogP contribution is 2.14. The monoisotopic (exact) mass is 266 g/mol. The molecule has 19 heavy (non-hydrogen) atoms. The zero-order valence-corrected chi connectivity index (χ0v) is 11.7. The van der Waals surface area contributed by atoms with E-state index in [0.717, 1.165) is 5.69 Å². The molecule has 0 aliphatic heterocycles. The summed E-state index contributed by atoms with van der Waals surface area (Å²) in [4.78, 5) is 18.3. The Bertz CT molecular complexity index is 435. The summed E-state index contributed by atoms with van der Waals surface area (Å²) in [6.45, 7) is 6.31. The van der Waals surface area contributed by atoms with E-state index >= 15 is 0 Å². The molecule has 1 rings (SSSR count). The Balaban J connectivity index is 2.98. The molecule has 1 heterocycles. The van der Waals surface area contributed by atoms with Gasteiger partial charge in [0.2, 0.25) is 0 Å². The Morgan fingerprint density at radius 3 is 2.74 bits per heavy atom. The van der Waals surface area contributed by atoms with Crippen LogP contribution in [0.3, 0.4) is 0 Å². The van der Waals surface area contributed by atoms with E-state index < -0.39 is 0 Å². The van der Waals surface area contributed by atoms with Crippen LogP contribution in [0.1, 0.15) is 36.3 Å². The van der Waals surface area contributed by atoms with Gasteiger partial charge in [0.1, 0.15) is 5.82 Å².